The lowest BCUT2D eigenvalue weighted by molar-refractivity contribution is -0.115. The third-order valence-corrected chi connectivity index (χ3v) is 4.64. The summed E-state index contributed by atoms with van der Waals surface area (Å²) in [5, 5.41) is 7.81. The van der Waals surface area contributed by atoms with Gasteiger partial charge in [-0.1, -0.05) is 19.1 Å². The average Bonchev–Trinajstić information content (AvgIpc) is 3.23. The van der Waals surface area contributed by atoms with Crippen LogP contribution in [0.3, 0.4) is 0 Å². The second kappa shape index (κ2) is 7.97. The molecule has 3 rings (SSSR count). The van der Waals surface area contributed by atoms with Crippen molar-refractivity contribution in [1.82, 2.24) is 4.98 Å². The average molecular weight is 369 g/mol. The summed E-state index contributed by atoms with van der Waals surface area (Å²) in [4.78, 5) is 28.6. The molecule has 2 N–H and O–H groups in total. The van der Waals surface area contributed by atoms with E-state index in [0.29, 0.717) is 22.1 Å². The SMILES string of the molecule is CCc1cccc(NC(=O)Cc2csc(NC(=O)c3ccoc3C)n2)c1. The van der Waals surface area contributed by atoms with Gasteiger partial charge in [0.1, 0.15) is 5.76 Å². The molecule has 0 bridgehead atoms. The highest BCUT2D eigenvalue weighted by atomic mass is 32.1. The van der Waals surface area contributed by atoms with Crippen LogP contribution in [-0.2, 0) is 17.6 Å². The first-order chi connectivity index (χ1) is 12.5. The Kier molecular flexibility index (Phi) is 5.48. The van der Waals surface area contributed by atoms with E-state index in [0.717, 1.165) is 17.7 Å². The molecule has 0 atom stereocenters. The van der Waals surface area contributed by atoms with Crippen LogP contribution in [-0.4, -0.2) is 16.8 Å². The molecule has 1 aromatic carbocycles. The van der Waals surface area contributed by atoms with Gasteiger partial charge in [0.15, 0.2) is 5.13 Å². The van der Waals surface area contributed by atoms with Crippen LogP contribution >= 0.6 is 11.3 Å². The Morgan fingerprint density at radius 1 is 1.23 bits per heavy atom. The predicted octanol–water partition coefficient (Wildman–Crippen LogP) is 4.04. The van der Waals surface area contributed by atoms with Crippen LogP contribution in [0.25, 0.3) is 0 Å². The number of thiazole rings is 1. The molecule has 0 aliphatic heterocycles. The van der Waals surface area contributed by atoms with E-state index in [2.05, 4.69) is 22.5 Å². The van der Waals surface area contributed by atoms with Gasteiger partial charge in [0, 0.05) is 11.1 Å². The van der Waals surface area contributed by atoms with Gasteiger partial charge in [0.25, 0.3) is 5.91 Å². The number of hydrogen-bond acceptors (Lipinski definition) is 5. The normalized spacial score (nSPS) is 10.5. The minimum atomic E-state index is -0.280. The second-order valence-corrected chi connectivity index (χ2v) is 6.63. The van der Waals surface area contributed by atoms with Crippen LogP contribution < -0.4 is 10.6 Å². The van der Waals surface area contributed by atoms with Gasteiger partial charge >= 0.3 is 0 Å². The molecule has 0 saturated heterocycles. The minimum absolute atomic E-state index is 0.146. The van der Waals surface area contributed by atoms with Crippen LogP contribution in [0.2, 0.25) is 0 Å². The van der Waals surface area contributed by atoms with E-state index in [1.54, 1.807) is 18.4 Å². The lowest BCUT2D eigenvalue weighted by Crippen LogP contribution is -2.15. The van der Waals surface area contributed by atoms with Crippen molar-refractivity contribution >= 4 is 34.0 Å². The topological polar surface area (TPSA) is 84.2 Å². The number of carbonyl (C=O) groups is 2. The van der Waals surface area contributed by atoms with Crippen molar-refractivity contribution in [2.24, 2.45) is 0 Å². The van der Waals surface area contributed by atoms with E-state index < -0.39 is 0 Å². The van der Waals surface area contributed by atoms with Crippen LogP contribution in [0, 0.1) is 6.92 Å². The van der Waals surface area contributed by atoms with Crippen LogP contribution in [0.15, 0.2) is 46.4 Å². The molecule has 0 saturated carbocycles. The standard InChI is InChI=1S/C19H19N3O3S/c1-3-13-5-4-6-14(9-13)20-17(23)10-15-11-26-19(21-15)22-18(24)16-7-8-25-12(16)2/h4-9,11H,3,10H2,1-2H3,(H,20,23)(H,21,22,24). The van der Waals surface area contributed by atoms with Crippen molar-refractivity contribution in [3.05, 3.63) is 64.6 Å². The Hall–Kier alpha value is -2.93. The maximum absolute atomic E-state index is 12.2. The van der Waals surface area contributed by atoms with Crippen molar-refractivity contribution in [3.63, 3.8) is 0 Å². The maximum atomic E-state index is 12.2. The molecule has 0 aliphatic carbocycles. The van der Waals surface area contributed by atoms with Gasteiger partial charge in [-0.15, -0.1) is 11.3 Å². The number of carbonyl (C=O) groups excluding carboxylic acids is 2. The fourth-order valence-electron chi connectivity index (χ4n) is 2.47. The van der Waals surface area contributed by atoms with E-state index in [9.17, 15) is 9.59 Å². The van der Waals surface area contributed by atoms with Gasteiger partial charge < -0.3 is 9.73 Å². The summed E-state index contributed by atoms with van der Waals surface area (Å²) in [6, 6.07) is 9.36. The molecule has 7 heteroatoms. The number of hydrogen-bond donors (Lipinski definition) is 2. The molecule has 2 heterocycles. The van der Waals surface area contributed by atoms with Gasteiger partial charge in [-0.05, 0) is 37.1 Å². The summed E-state index contributed by atoms with van der Waals surface area (Å²) in [6.07, 6.45) is 2.53. The van der Waals surface area contributed by atoms with Gasteiger partial charge in [0.05, 0.1) is 23.9 Å². The van der Waals surface area contributed by atoms with Crippen molar-refractivity contribution in [1.29, 1.82) is 0 Å². The highest BCUT2D eigenvalue weighted by Crippen LogP contribution is 2.19. The van der Waals surface area contributed by atoms with E-state index in [-0.39, 0.29) is 18.2 Å². The molecule has 0 fully saturated rings. The first-order valence-corrected chi connectivity index (χ1v) is 9.11. The van der Waals surface area contributed by atoms with Gasteiger partial charge in [-0.3, -0.25) is 14.9 Å². The number of amides is 2. The highest BCUT2D eigenvalue weighted by molar-refractivity contribution is 7.14. The van der Waals surface area contributed by atoms with E-state index in [1.807, 2.05) is 24.3 Å². The molecule has 0 unspecified atom stereocenters. The molecule has 0 aliphatic rings. The Morgan fingerprint density at radius 3 is 2.81 bits per heavy atom. The highest BCUT2D eigenvalue weighted by Gasteiger charge is 2.14. The number of rotatable bonds is 6. The first kappa shape index (κ1) is 17.9. The Morgan fingerprint density at radius 2 is 2.08 bits per heavy atom. The number of furan rings is 1. The quantitative estimate of drug-likeness (QED) is 0.687. The van der Waals surface area contributed by atoms with Crippen LogP contribution in [0.1, 0.15) is 34.3 Å². The molecule has 2 aromatic heterocycles. The molecular weight excluding hydrogens is 350 g/mol. The number of nitrogens with zero attached hydrogens (tertiary/aromatic N) is 1. The zero-order valence-corrected chi connectivity index (χ0v) is 15.4. The molecular formula is C19H19N3O3S. The zero-order chi connectivity index (χ0) is 18.5. The summed E-state index contributed by atoms with van der Waals surface area (Å²) >= 11 is 1.28. The molecule has 6 nitrogen and oxygen atoms in total. The fourth-order valence-corrected chi connectivity index (χ4v) is 3.17. The summed E-state index contributed by atoms with van der Waals surface area (Å²) in [5.41, 5.74) is 3.01. The fraction of sp³-hybridized carbons (Fsp3) is 0.211. The van der Waals surface area contributed by atoms with Crippen LogP contribution in [0.5, 0.6) is 0 Å². The number of benzene rings is 1. The predicted molar refractivity (Wildman–Crippen MR) is 102 cm³/mol. The monoisotopic (exact) mass is 369 g/mol. The van der Waals surface area contributed by atoms with Gasteiger partial charge in [0.2, 0.25) is 5.91 Å². The first-order valence-electron chi connectivity index (χ1n) is 8.23. The molecule has 134 valence electrons. The van der Waals surface area contributed by atoms with Crippen molar-refractivity contribution < 1.29 is 14.0 Å². The van der Waals surface area contributed by atoms with Gasteiger partial charge in [-0.25, -0.2) is 4.98 Å². The Labute approximate surface area is 155 Å². The van der Waals surface area contributed by atoms with E-state index >= 15 is 0 Å². The largest absolute Gasteiger partial charge is 0.469 e. The van der Waals surface area contributed by atoms with Crippen molar-refractivity contribution in [2.45, 2.75) is 26.7 Å². The lowest BCUT2D eigenvalue weighted by Gasteiger charge is -2.05. The Balaban J connectivity index is 1.58. The summed E-state index contributed by atoms with van der Waals surface area (Å²) in [6.45, 7) is 3.79. The third kappa shape index (κ3) is 4.37. The van der Waals surface area contributed by atoms with Crippen LogP contribution in [0.4, 0.5) is 10.8 Å². The molecule has 26 heavy (non-hydrogen) atoms. The van der Waals surface area contributed by atoms with Crippen molar-refractivity contribution in [3.8, 4) is 0 Å². The summed E-state index contributed by atoms with van der Waals surface area (Å²) in [5.74, 6) is 0.123. The molecule has 2 amide bonds. The third-order valence-electron chi connectivity index (χ3n) is 3.84. The number of nitrogens with one attached hydrogen (secondary N) is 2. The summed E-state index contributed by atoms with van der Waals surface area (Å²) in [7, 11) is 0. The molecule has 0 spiro atoms. The minimum Gasteiger partial charge on any atom is -0.469 e. The lowest BCUT2D eigenvalue weighted by atomic mass is 10.1. The second-order valence-electron chi connectivity index (χ2n) is 5.77. The zero-order valence-electron chi connectivity index (χ0n) is 14.5. The number of aromatic nitrogens is 1. The summed E-state index contributed by atoms with van der Waals surface area (Å²) < 4.78 is 5.12. The number of anilines is 2. The smallest absolute Gasteiger partial charge is 0.260 e. The van der Waals surface area contributed by atoms with Gasteiger partial charge in [-0.2, -0.15) is 0 Å². The maximum Gasteiger partial charge on any atom is 0.260 e. The molecule has 3 aromatic rings. The van der Waals surface area contributed by atoms with E-state index in [4.69, 9.17) is 4.42 Å². The van der Waals surface area contributed by atoms with E-state index in [1.165, 1.54) is 17.6 Å². The van der Waals surface area contributed by atoms with Crippen molar-refractivity contribution in [2.75, 3.05) is 10.6 Å². The molecule has 0 radical (unpaired) electrons. The Bertz CT molecular complexity index is 930. The number of aryl methyl sites for hydroxylation is 2.